The normalized spacial score (nSPS) is 11.6. The van der Waals surface area contributed by atoms with E-state index in [2.05, 4.69) is 10.2 Å². The Labute approximate surface area is 205 Å². The lowest BCUT2D eigenvalue weighted by Gasteiger charge is -2.25. The van der Waals surface area contributed by atoms with Gasteiger partial charge in [-0.3, -0.25) is 10.5 Å². The minimum atomic E-state index is -0.303. The number of aromatic nitrogens is 4. The number of aryl methyl sites for hydroxylation is 1. The van der Waals surface area contributed by atoms with Gasteiger partial charge in [-0.1, -0.05) is 42.4 Å². The Kier molecular flexibility index (Phi) is 8.16. The van der Waals surface area contributed by atoms with Crippen molar-refractivity contribution in [2.45, 2.75) is 59.4 Å². The number of ether oxygens (including phenoxy) is 3. The Morgan fingerprint density at radius 2 is 1.94 bits per heavy atom. The van der Waals surface area contributed by atoms with Crippen molar-refractivity contribution in [1.82, 2.24) is 14.7 Å². The summed E-state index contributed by atoms with van der Waals surface area (Å²) in [6, 6.07) is 5.36. The molecular weight excluding hydrogens is 450 g/mol. The minimum absolute atomic E-state index is 0.00958. The maximum Gasteiger partial charge on any atom is 0.401 e. The lowest BCUT2D eigenvalue weighted by Crippen LogP contribution is -2.42. The number of hydrogen-bond acceptors (Lipinski definition) is 8. The number of rotatable bonds is 11. The highest BCUT2D eigenvalue weighted by molar-refractivity contribution is 5.96. The highest BCUT2D eigenvalue weighted by Crippen LogP contribution is 2.40. The van der Waals surface area contributed by atoms with Crippen LogP contribution in [-0.2, 0) is 18.4 Å². The molecule has 3 N–H and O–H groups in total. The number of nitrogens with zero attached hydrogens (tertiary/aromatic N) is 4. The highest BCUT2D eigenvalue weighted by atomic mass is 16.5. The molecule has 0 aliphatic heterocycles. The summed E-state index contributed by atoms with van der Waals surface area (Å²) in [5, 5.41) is 18.1. The van der Waals surface area contributed by atoms with Crippen molar-refractivity contribution in [3.8, 4) is 17.4 Å². The zero-order valence-corrected chi connectivity index (χ0v) is 21.4. The molecule has 2 heterocycles. The van der Waals surface area contributed by atoms with Crippen molar-refractivity contribution in [2.24, 2.45) is 0 Å². The third-order valence-corrected chi connectivity index (χ3v) is 5.59. The molecule has 10 nitrogen and oxygen atoms in total. The van der Waals surface area contributed by atoms with Crippen LogP contribution in [0.5, 0.6) is 17.4 Å². The first-order valence-electron chi connectivity index (χ1n) is 11.8. The number of anilines is 1. The van der Waals surface area contributed by atoms with Gasteiger partial charge in [0.25, 0.3) is 5.65 Å². The van der Waals surface area contributed by atoms with E-state index >= 15 is 0 Å². The van der Waals surface area contributed by atoms with Crippen LogP contribution >= 0.6 is 0 Å². The van der Waals surface area contributed by atoms with Gasteiger partial charge in [-0.05, 0) is 30.9 Å². The zero-order valence-electron chi connectivity index (χ0n) is 21.4. The molecule has 0 unspecified atom stereocenters. The number of carbonyl (C=O) groups is 1. The van der Waals surface area contributed by atoms with Gasteiger partial charge < -0.3 is 19.3 Å². The first-order chi connectivity index (χ1) is 16.6. The van der Waals surface area contributed by atoms with Gasteiger partial charge in [0.15, 0.2) is 23.8 Å². The van der Waals surface area contributed by atoms with E-state index in [9.17, 15) is 4.79 Å². The van der Waals surface area contributed by atoms with Crippen molar-refractivity contribution < 1.29 is 28.8 Å². The van der Waals surface area contributed by atoms with Crippen LogP contribution in [-0.4, -0.2) is 52.5 Å². The summed E-state index contributed by atoms with van der Waals surface area (Å²) in [5.74, 6) is 1.57. The minimum Gasteiger partial charge on any atom is -0.493 e. The summed E-state index contributed by atoms with van der Waals surface area (Å²) in [7, 11) is 1.58. The van der Waals surface area contributed by atoms with Crippen LogP contribution in [0.4, 0.5) is 5.95 Å². The molecule has 0 amide bonds. The molecule has 0 aliphatic carbocycles. The van der Waals surface area contributed by atoms with Crippen molar-refractivity contribution in [3.63, 3.8) is 0 Å². The van der Waals surface area contributed by atoms with E-state index < -0.39 is 0 Å². The van der Waals surface area contributed by atoms with E-state index in [1.807, 2.05) is 46.8 Å². The van der Waals surface area contributed by atoms with Crippen LogP contribution in [0.25, 0.3) is 5.65 Å². The van der Waals surface area contributed by atoms with Crippen LogP contribution in [0, 0.1) is 0 Å². The van der Waals surface area contributed by atoms with E-state index in [1.54, 1.807) is 13.2 Å². The number of carbonyl (C=O) groups excluding carboxylic acids is 1. The van der Waals surface area contributed by atoms with Crippen LogP contribution in [0.2, 0.25) is 0 Å². The molecule has 190 valence electrons. The van der Waals surface area contributed by atoms with Gasteiger partial charge in [-0.15, -0.1) is 4.68 Å². The van der Waals surface area contributed by atoms with Crippen LogP contribution in [0.1, 0.15) is 62.5 Å². The monoisotopic (exact) mass is 486 g/mol. The molecule has 0 aliphatic rings. The quantitative estimate of drug-likeness (QED) is 0.241. The van der Waals surface area contributed by atoms with Gasteiger partial charge in [-0.25, -0.2) is 0 Å². The Hall–Kier alpha value is -3.40. The summed E-state index contributed by atoms with van der Waals surface area (Å²) in [4.78, 5) is 13.4. The fourth-order valence-electron chi connectivity index (χ4n) is 3.75. The summed E-state index contributed by atoms with van der Waals surface area (Å²) < 4.78 is 20.1. The smallest absolute Gasteiger partial charge is 0.401 e. The molecule has 0 atom stereocenters. The molecule has 0 bridgehead atoms. The number of methoxy groups -OCH3 is 1. The summed E-state index contributed by atoms with van der Waals surface area (Å²) in [6.07, 6.45) is 1.20. The molecule has 10 heteroatoms. The van der Waals surface area contributed by atoms with E-state index in [1.165, 1.54) is 9.20 Å². The lowest BCUT2D eigenvalue weighted by molar-refractivity contribution is -0.723. The molecule has 2 aromatic heterocycles. The largest absolute Gasteiger partial charge is 0.493 e. The molecule has 0 saturated carbocycles. The number of aliphatic hydroxyl groups excluding tert-OH is 1. The Morgan fingerprint density at radius 1 is 1.20 bits per heavy atom. The van der Waals surface area contributed by atoms with E-state index in [4.69, 9.17) is 25.1 Å². The van der Waals surface area contributed by atoms with E-state index in [0.717, 1.165) is 17.5 Å². The number of nitrogens with two attached hydrogens (primary N) is 1. The Bertz CT molecular complexity index is 1200. The second kappa shape index (κ2) is 10.9. The van der Waals surface area contributed by atoms with Gasteiger partial charge in [-0.2, -0.15) is 0 Å². The standard InChI is InChI=1S/C25H35N5O5/c1-7-16-14-21-27-29(24(26)30(21)28-23(16)34-8-2)15-19(32)17-12-18(25(3,4)5)22(33-6)20(13-17)35-11-9-10-31/h12-14,26,31H,7-11,15H2,1-6H3/p+1. The fourth-order valence-corrected chi connectivity index (χ4v) is 3.75. The molecule has 3 rings (SSSR count). The maximum atomic E-state index is 13.4. The summed E-state index contributed by atoms with van der Waals surface area (Å²) >= 11 is 0. The fraction of sp³-hybridized carbons (Fsp3) is 0.520. The molecule has 0 saturated heterocycles. The number of benzene rings is 1. The number of Topliss-reactive ketones (excluding diaryl/α,β-unsaturated/α-hetero) is 1. The predicted octanol–water partition coefficient (Wildman–Crippen LogP) is 2.51. The molecule has 3 aromatic rings. The van der Waals surface area contributed by atoms with Crippen molar-refractivity contribution in [2.75, 3.05) is 32.7 Å². The van der Waals surface area contributed by atoms with Crippen LogP contribution in [0.15, 0.2) is 18.2 Å². The number of aliphatic hydroxyl groups is 1. The summed E-state index contributed by atoms with van der Waals surface area (Å²) in [5.41, 5.74) is 8.74. The molecule has 1 aromatic carbocycles. The van der Waals surface area contributed by atoms with Gasteiger partial charge in [0.1, 0.15) is 0 Å². The second-order valence-corrected chi connectivity index (χ2v) is 9.20. The number of ketones is 1. The third kappa shape index (κ3) is 5.64. The topological polar surface area (TPSA) is 125 Å². The Morgan fingerprint density at radius 3 is 2.54 bits per heavy atom. The van der Waals surface area contributed by atoms with E-state index in [-0.39, 0.29) is 30.3 Å². The van der Waals surface area contributed by atoms with Gasteiger partial charge in [0, 0.05) is 35.8 Å². The molecule has 0 spiro atoms. The first kappa shape index (κ1) is 26.2. The Balaban J connectivity index is 2.01. The molecule has 0 radical (unpaired) electrons. The third-order valence-electron chi connectivity index (χ3n) is 5.59. The van der Waals surface area contributed by atoms with Gasteiger partial charge in [0.05, 0.1) is 20.3 Å². The van der Waals surface area contributed by atoms with Crippen molar-refractivity contribution >= 4 is 17.4 Å². The second-order valence-electron chi connectivity index (χ2n) is 9.20. The maximum absolute atomic E-state index is 13.4. The van der Waals surface area contributed by atoms with Crippen LogP contribution < -0.4 is 24.6 Å². The van der Waals surface area contributed by atoms with Crippen LogP contribution in [0.3, 0.4) is 0 Å². The zero-order chi connectivity index (χ0) is 25.8. The highest BCUT2D eigenvalue weighted by Gasteiger charge is 2.27. The average molecular weight is 487 g/mol. The SMILES string of the molecule is CCOc1nn2c(N)[n+](CC(=O)c3cc(OCCCO)c(OC)c(C(C)(C)C)c3)nc2cc1CC. The number of hydrogen-bond donors (Lipinski definition) is 2. The number of nitrogen functional groups attached to an aromatic ring is 1. The van der Waals surface area contributed by atoms with E-state index in [0.29, 0.717) is 48.2 Å². The molecular formula is C25H36N5O5+. The molecule has 0 fully saturated rings. The molecule has 35 heavy (non-hydrogen) atoms. The van der Waals surface area contributed by atoms with Crippen molar-refractivity contribution in [1.29, 1.82) is 0 Å². The van der Waals surface area contributed by atoms with Gasteiger partial charge in [0.2, 0.25) is 5.88 Å². The first-order valence-corrected chi connectivity index (χ1v) is 11.8. The number of fused-ring (bicyclic) bond motifs is 1. The van der Waals surface area contributed by atoms with Crippen molar-refractivity contribution in [3.05, 3.63) is 34.9 Å². The lowest BCUT2D eigenvalue weighted by atomic mass is 9.84. The average Bonchev–Trinajstić information content (AvgIpc) is 3.11. The predicted molar refractivity (Wildman–Crippen MR) is 131 cm³/mol. The summed E-state index contributed by atoms with van der Waals surface area (Å²) in [6.45, 7) is 10.7. The van der Waals surface area contributed by atoms with Gasteiger partial charge >= 0.3 is 5.95 Å².